The summed E-state index contributed by atoms with van der Waals surface area (Å²) < 4.78 is 0. The smallest absolute Gasteiger partial charge is 0.336 e. The van der Waals surface area contributed by atoms with Crippen molar-refractivity contribution in [1.82, 2.24) is 4.98 Å². The quantitative estimate of drug-likeness (QED) is 0.530. The van der Waals surface area contributed by atoms with Crippen LogP contribution in [0.2, 0.25) is 0 Å². The molecule has 0 atom stereocenters. The lowest BCUT2D eigenvalue weighted by atomic mass is 10.00. The summed E-state index contributed by atoms with van der Waals surface area (Å²) in [7, 11) is 0. The first-order valence-corrected chi connectivity index (χ1v) is 8.43. The first-order valence-electron chi connectivity index (χ1n) is 8.43. The van der Waals surface area contributed by atoms with Gasteiger partial charge in [-0.1, -0.05) is 72.8 Å². The Balaban J connectivity index is 1.84. The molecule has 1 aromatic heterocycles. The molecule has 0 radical (unpaired) electrons. The Kier molecular flexibility index (Phi) is 3.98. The van der Waals surface area contributed by atoms with Gasteiger partial charge >= 0.3 is 5.97 Å². The first kappa shape index (κ1) is 16.0. The minimum atomic E-state index is -0.940. The molecule has 1 N–H and O–H groups in total. The molecule has 4 aromatic rings. The fourth-order valence-corrected chi connectivity index (χ4v) is 3.18. The third-order valence-corrected chi connectivity index (χ3v) is 4.56. The monoisotopic (exact) mass is 339 g/mol. The molecule has 0 saturated heterocycles. The Morgan fingerprint density at radius 2 is 1.46 bits per heavy atom. The van der Waals surface area contributed by atoms with Crippen molar-refractivity contribution >= 4 is 16.9 Å². The summed E-state index contributed by atoms with van der Waals surface area (Å²) in [6.45, 7) is 1.95. The molecule has 0 aliphatic heterocycles. The van der Waals surface area contributed by atoms with E-state index in [2.05, 4.69) is 12.1 Å². The molecule has 3 heteroatoms. The fourth-order valence-electron chi connectivity index (χ4n) is 3.18. The van der Waals surface area contributed by atoms with Crippen LogP contribution in [0.5, 0.6) is 0 Å². The molecule has 4 rings (SSSR count). The van der Waals surface area contributed by atoms with E-state index < -0.39 is 5.97 Å². The van der Waals surface area contributed by atoms with Crippen LogP contribution in [0.15, 0.2) is 78.9 Å². The molecule has 0 aliphatic rings. The largest absolute Gasteiger partial charge is 0.478 e. The molecule has 26 heavy (non-hydrogen) atoms. The van der Waals surface area contributed by atoms with Gasteiger partial charge in [-0.2, -0.15) is 0 Å². The summed E-state index contributed by atoms with van der Waals surface area (Å²) in [5.41, 5.74) is 5.81. The van der Waals surface area contributed by atoms with Gasteiger partial charge in [0, 0.05) is 10.9 Å². The van der Waals surface area contributed by atoms with Crippen molar-refractivity contribution in [2.24, 2.45) is 0 Å². The Hall–Kier alpha value is -3.46. The van der Waals surface area contributed by atoms with Gasteiger partial charge in [-0.15, -0.1) is 0 Å². The molecule has 1 heterocycles. The van der Waals surface area contributed by atoms with E-state index in [4.69, 9.17) is 4.98 Å². The van der Waals surface area contributed by atoms with Crippen LogP contribution in [0, 0.1) is 6.92 Å². The number of pyridine rings is 1. The average molecular weight is 339 g/mol. The van der Waals surface area contributed by atoms with Crippen molar-refractivity contribution in [3.63, 3.8) is 0 Å². The van der Waals surface area contributed by atoms with Crippen LogP contribution in [-0.2, 0) is 0 Å². The predicted octanol–water partition coefficient (Wildman–Crippen LogP) is 5.58. The summed E-state index contributed by atoms with van der Waals surface area (Å²) in [5.74, 6) is -0.940. The van der Waals surface area contributed by atoms with Crippen molar-refractivity contribution in [3.8, 4) is 22.4 Å². The zero-order valence-corrected chi connectivity index (χ0v) is 14.3. The van der Waals surface area contributed by atoms with Crippen LogP contribution in [-0.4, -0.2) is 16.1 Å². The number of para-hydroxylation sites is 1. The van der Waals surface area contributed by atoms with Gasteiger partial charge < -0.3 is 5.11 Å². The van der Waals surface area contributed by atoms with E-state index in [0.717, 1.165) is 27.8 Å². The van der Waals surface area contributed by atoms with E-state index in [1.807, 2.05) is 61.5 Å². The van der Waals surface area contributed by atoms with Crippen LogP contribution in [0.1, 0.15) is 15.9 Å². The molecule has 0 fully saturated rings. The standard InChI is InChI=1S/C23H17NO2/c1-15-6-5-9-19-20(23(25)26)14-21(24-22(15)19)18-12-10-17(11-13-18)16-7-3-2-4-8-16/h2-14H,1H3,(H,25,26). The number of benzene rings is 3. The molecular formula is C23H17NO2. The highest BCUT2D eigenvalue weighted by Gasteiger charge is 2.14. The second-order valence-electron chi connectivity index (χ2n) is 6.27. The molecule has 126 valence electrons. The van der Waals surface area contributed by atoms with Gasteiger partial charge in [-0.3, -0.25) is 0 Å². The van der Waals surface area contributed by atoms with Crippen LogP contribution >= 0.6 is 0 Å². The molecule has 0 amide bonds. The van der Waals surface area contributed by atoms with E-state index in [1.54, 1.807) is 12.1 Å². The third-order valence-electron chi connectivity index (χ3n) is 4.56. The molecule has 0 bridgehead atoms. The molecular weight excluding hydrogens is 322 g/mol. The normalized spacial score (nSPS) is 10.8. The maximum absolute atomic E-state index is 11.7. The number of carboxylic acids is 1. The minimum Gasteiger partial charge on any atom is -0.478 e. The maximum atomic E-state index is 11.7. The predicted molar refractivity (Wildman–Crippen MR) is 104 cm³/mol. The zero-order valence-electron chi connectivity index (χ0n) is 14.3. The van der Waals surface area contributed by atoms with Gasteiger partial charge in [0.2, 0.25) is 0 Å². The Morgan fingerprint density at radius 3 is 2.15 bits per heavy atom. The zero-order chi connectivity index (χ0) is 18.1. The van der Waals surface area contributed by atoms with E-state index in [9.17, 15) is 9.90 Å². The van der Waals surface area contributed by atoms with Gasteiger partial charge in [-0.05, 0) is 29.7 Å². The van der Waals surface area contributed by atoms with Crippen LogP contribution in [0.4, 0.5) is 0 Å². The second kappa shape index (κ2) is 6.45. The fraction of sp³-hybridized carbons (Fsp3) is 0.0435. The van der Waals surface area contributed by atoms with Crippen LogP contribution < -0.4 is 0 Å². The van der Waals surface area contributed by atoms with Crippen molar-refractivity contribution in [2.45, 2.75) is 6.92 Å². The third kappa shape index (κ3) is 2.84. The van der Waals surface area contributed by atoms with Crippen molar-refractivity contribution in [2.75, 3.05) is 0 Å². The number of carbonyl (C=O) groups is 1. The average Bonchev–Trinajstić information content (AvgIpc) is 2.68. The van der Waals surface area contributed by atoms with Crippen LogP contribution in [0.3, 0.4) is 0 Å². The summed E-state index contributed by atoms with van der Waals surface area (Å²) in [4.78, 5) is 16.4. The second-order valence-corrected chi connectivity index (χ2v) is 6.27. The number of aromatic carboxylic acids is 1. The van der Waals surface area contributed by atoms with Crippen molar-refractivity contribution < 1.29 is 9.90 Å². The lowest BCUT2D eigenvalue weighted by Crippen LogP contribution is -2.01. The number of carboxylic acid groups (broad SMARTS) is 1. The number of aromatic nitrogens is 1. The summed E-state index contributed by atoms with van der Waals surface area (Å²) in [6, 6.07) is 25.5. The highest BCUT2D eigenvalue weighted by molar-refractivity contribution is 6.04. The molecule has 3 aromatic carbocycles. The van der Waals surface area contributed by atoms with Gasteiger partial charge in [0.25, 0.3) is 0 Å². The van der Waals surface area contributed by atoms with Gasteiger partial charge in [0.1, 0.15) is 0 Å². The number of aryl methyl sites for hydroxylation is 1. The van der Waals surface area contributed by atoms with E-state index in [0.29, 0.717) is 11.1 Å². The van der Waals surface area contributed by atoms with Crippen LogP contribution in [0.25, 0.3) is 33.3 Å². The van der Waals surface area contributed by atoms with E-state index in [1.165, 1.54) is 0 Å². The summed E-state index contributed by atoms with van der Waals surface area (Å²) in [5, 5.41) is 10.3. The topological polar surface area (TPSA) is 50.2 Å². The van der Waals surface area contributed by atoms with Crippen molar-refractivity contribution in [3.05, 3.63) is 90.0 Å². The number of rotatable bonds is 3. The Bertz CT molecular complexity index is 1100. The van der Waals surface area contributed by atoms with Gasteiger partial charge in [-0.25, -0.2) is 9.78 Å². The Morgan fingerprint density at radius 1 is 0.808 bits per heavy atom. The minimum absolute atomic E-state index is 0.279. The lowest BCUT2D eigenvalue weighted by Gasteiger charge is -2.10. The Labute approximate surface area is 151 Å². The highest BCUT2D eigenvalue weighted by atomic mass is 16.4. The molecule has 0 aliphatic carbocycles. The summed E-state index contributed by atoms with van der Waals surface area (Å²) >= 11 is 0. The SMILES string of the molecule is Cc1cccc2c(C(=O)O)cc(-c3ccc(-c4ccccc4)cc3)nc12. The first-order chi connectivity index (χ1) is 12.6. The van der Waals surface area contributed by atoms with E-state index >= 15 is 0 Å². The maximum Gasteiger partial charge on any atom is 0.336 e. The van der Waals surface area contributed by atoms with Gasteiger partial charge in [0.05, 0.1) is 16.8 Å². The molecule has 3 nitrogen and oxygen atoms in total. The van der Waals surface area contributed by atoms with Crippen molar-refractivity contribution in [1.29, 1.82) is 0 Å². The van der Waals surface area contributed by atoms with E-state index in [-0.39, 0.29) is 5.56 Å². The molecule has 0 unspecified atom stereocenters. The van der Waals surface area contributed by atoms with Gasteiger partial charge in [0.15, 0.2) is 0 Å². The highest BCUT2D eigenvalue weighted by Crippen LogP contribution is 2.28. The number of fused-ring (bicyclic) bond motifs is 1. The number of nitrogens with zero attached hydrogens (tertiary/aromatic N) is 1. The molecule has 0 saturated carbocycles. The molecule has 0 spiro atoms. The number of hydrogen-bond donors (Lipinski definition) is 1. The number of hydrogen-bond acceptors (Lipinski definition) is 2. The summed E-state index contributed by atoms with van der Waals surface area (Å²) in [6.07, 6.45) is 0. The lowest BCUT2D eigenvalue weighted by molar-refractivity contribution is 0.0699.